The fourth-order valence-electron chi connectivity index (χ4n) is 2.62. The Balaban J connectivity index is 2.32. The van der Waals surface area contributed by atoms with Gasteiger partial charge in [0.2, 0.25) is 0 Å². The van der Waals surface area contributed by atoms with Gasteiger partial charge in [0, 0.05) is 38.3 Å². The van der Waals surface area contributed by atoms with Crippen LogP contribution in [0.2, 0.25) is 0 Å². The van der Waals surface area contributed by atoms with Gasteiger partial charge in [-0.15, -0.1) is 0 Å². The highest BCUT2D eigenvalue weighted by molar-refractivity contribution is 4.86. The third-order valence-corrected chi connectivity index (χ3v) is 4.12. The van der Waals surface area contributed by atoms with Gasteiger partial charge in [-0.25, -0.2) is 0 Å². The van der Waals surface area contributed by atoms with E-state index in [9.17, 15) is 0 Å². The van der Waals surface area contributed by atoms with Crippen LogP contribution in [0.5, 0.6) is 0 Å². The lowest BCUT2D eigenvalue weighted by Gasteiger charge is -2.42. The molecule has 0 bridgehead atoms. The average Bonchev–Trinajstić information content (AvgIpc) is 2.38. The van der Waals surface area contributed by atoms with Crippen molar-refractivity contribution in [1.82, 2.24) is 10.2 Å². The minimum Gasteiger partial charge on any atom is -0.380 e. The van der Waals surface area contributed by atoms with Crippen LogP contribution in [0.15, 0.2) is 0 Å². The summed E-state index contributed by atoms with van der Waals surface area (Å²) in [5, 5.41) is 3.61. The summed E-state index contributed by atoms with van der Waals surface area (Å²) >= 11 is 0. The minimum absolute atomic E-state index is 0.612. The molecule has 3 heteroatoms. The molecule has 1 rings (SSSR count). The van der Waals surface area contributed by atoms with Crippen molar-refractivity contribution in [3.8, 4) is 0 Å². The molecule has 0 aromatic carbocycles. The van der Waals surface area contributed by atoms with Gasteiger partial charge >= 0.3 is 0 Å². The Bertz CT molecular complexity index is 211. The molecule has 18 heavy (non-hydrogen) atoms. The summed E-state index contributed by atoms with van der Waals surface area (Å²) in [7, 11) is 0. The highest BCUT2D eigenvalue weighted by atomic mass is 16.5. The highest BCUT2D eigenvalue weighted by Gasteiger charge is 2.28. The fourth-order valence-corrected chi connectivity index (χ4v) is 2.62. The number of unbranched alkanes of at least 4 members (excludes halogenated alkanes) is 1. The van der Waals surface area contributed by atoms with Crippen molar-refractivity contribution >= 4 is 0 Å². The molecule has 0 amide bonds. The first-order chi connectivity index (χ1) is 8.69. The Labute approximate surface area is 113 Å². The van der Waals surface area contributed by atoms with Gasteiger partial charge in [0.05, 0.1) is 6.61 Å². The monoisotopic (exact) mass is 256 g/mol. The van der Waals surface area contributed by atoms with Gasteiger partial charge in [0.25, 0.3) is 0 Å². The predicted molar refractivity (Wildman–Crippen MR) is 78.0 cm³/mol. The summed E-state index contributed by atoms with van der Waals surface area (Å²) in [6, 6.07) is 1.29. The van der Waals surface area contributed by atoms with E-state index in [1.165, 1.54) is 19.3 Å². The molecule has 1 N–H and O–H groups in total. The molecule has 1 saturated heterocycles. The highest BCUT2D eigenvalue weighted by Crippen LogP contribution is 2.17. The molecule has 0 aromatic rings. The number of nitrogens with one attached hydrogen (secondary N) is 1. The fraction of sp³-hybridized carbons (Fsp3) is 1.00. The van der Waals surface area contributed by atoms with Crippen LogP contribution < -0.4 is 5.32 Å². The first-order valence-electron chi connectivity index (χ1n) is 7.74. The molecule has 0 aliphatic carbocycles. The van der Waals surface area contributed by atoms with E-state index in [4.69, 9.17) is 4.74 Å². The number of piperazine rings is 1. The number of ether oxygens (including phenoxy) is 1. The van der Waals surface area contributed by atoms with Crippen molar-refractivity contribution in [3.63, 3.8) is 0 Å². The van der Waals surface area contributed by atoms with Crippen molar-refractivity contribution in [3.05, 3.63) is 0 Å². The third kappa shape index (κ3) is 5.25. The van der Waals surface area contributed by atoms with E-state index < -0.39 is 0 Å². The maximum atomic E-state index is 5.71. The van der Waals surface area contributed by atoms with Crippen molar-refractivity contribution in [2.24, 2.45) is 5.92 Å². The minimum atomic E-state index is 0.612. The van der Waals surface area contributed by atoms with Crippen LogP contribution in [0.25, 0.3) is 0 Å². The van der Waals surface area contributed by atoms with Crippen LogP contribution in [0.1, 0.15) is 47.0 Å². The second kappa shape index (κ2) is 8.89. The standard InChI is InChI=1S/C15H32N2O/c1-5-7-9-18-10-8-17-12-14(4)16-11-15(17)13(3)6-2/h13-16H,5-12H2,1-4H3. The normalized spacial score (nSPS) is 27.3. The molecular weight excluding hydrogens is 224 g/mol. The van der Waals surface area contributed by atoms with Gasteiger partial charge in [0.1, 0.15) is 0 Å². The lowest BCUT2D eigenvalue weighted by atomic mass is 9.95. The van der Waals surface area contributed by atoms with Crippen molar-refractivity contribution < 1.29 is 4.74 Å². The van der Waals surface area contributed by atoms with Gasteiger partial charge in [-0.3, -0.25) is 4.90 Å². The molecule has 1 aliphatic heterocycles. The molecule has 1 heterocycles. The number of rotatable bonds is 8. The Morgan fingerprint density at radius 1 is 1.33 bits per heavy atom. The van der Waals surface area contributed by atoms with Crippen molar-refractivity contribution in [2.75, 3.05) is 32.8 Å². The molecule has 0 aromatic heterocycles. The van der Waals surface area contributed by atoms with Gasteiger partial charge in [0.15, 0.2) is 0 Å². The van der Waals surface area contributed by atoms with E-state index in [1.54, 1.807) is 0 Å². The average molecular weight is 256 g/mol. The van der Waals surface area contributed by atoms with E-state index in [-0.39, 0.29) is 0 Å². The van der Waals surface area contributed by atoms with Crippen LogP contribution in [0.3, 0.4) is 0 Å². The third-order valence-electron chi connectivity index (χ3n) is 4.12. The number of hydrogen-bond acceptors (Lipinski definition) is 3. The van der Waals surface area contributed by atoms with Crippen molar-refractivity contribution in [2.45, 2.75) is 59.0 Å². The molecule has 0 radical (unpaired) electrons. The van der Waals surface area contributed by atoms with E-state index in [0.717, 1.165) is 38.8 Å². The van der Waals surface area contributed by atoms with E-state index in [0.29, 0.717) is 12.1 Å². The zero-order valence-corrected chi connectivity index (χ0v) is 12.7. The Morgan fingerprint density at radius 2 is 2.11 bits per heavy atom. The van der Waals surface area contributed by atoms with Gasteiger partial charge in [-0.1, -0.05) is 33.6 Å². The summed E-state index contributed by atoms with van der Waals surface area (Å²) in [4.78, 5) is 2.63. The predicted octanol–water partition coefficient (Wildman–Crippen LogP) is 2.51. The lowest BCUT2D eigenvalue weighted by molar-refractivity contribution is 0.0483. The molecule has 108 valence electrons. The first-order valence-corrected chi connectivity index (χ1v) is 7.74. The molecular formula is C15H32N2O. The van der Waals surface area contributed by atoms with Crippen LogP contribution in [-0.4, -0.2) is 49.8 Å². The van der Waals surface area contributed by atoms with Crippen molar-refractivity contribution in [1.29, 1.82) is 0 Å². The largest absolute Gasteiger partial charge is 0.380 e. The summed E-state index contributed by atoms with van der Waals surface area (Å²) in [6.45, 7) is 14.3. The second-order valence-corrected chi connectivity index (χ2v) is 5.72. The summed E-state index contributed by atoms with van der Waals surface area (Å²) < 4.78 is 5.71. The molecule has 3 unspecified atom stereocenters. The molecule has 1 aliphatic rings. The van der Waals surface area contributed by atoms with Crippen LogP contribution in [0, 0.1) is 5.92 Å². The van der Waals surface area contributed by atoms with Gasteiger partial charge in [-0.2, -0.15) is 0 Å². The smallest absolute Gasteiger partial charge is 0.0593 e. The van der Waals surface area contributed by atoms with E-state index >= 15 is 0 Å². The van der Waals surface area contributed by atoms with E-state index in [1.807, 2.05) is 0 Å². The number of nitrogens with zero attached hydrogens (tertiary/aromatic N) is 1. The second-order valence-electron chi connectivity index (χ2n) is 5.72. The Morgan fingerprint density at radius 3 is 2.78 bits per heavy atom. The molecule has 0 saturated carbocycles. The molecule has 3 nitrogen and oxygen atoms in total. The van der Waals surface area contributed by atoms with Crippen LogP contribution in [-0.2, 0) is 4.74 Å². The maximum Gasteiger partial charge on any atom is 0.0593 e. The Hall–Kier alpha value is -0.120. The molecule has 0 spiro atoms. The summed E-state index contributed by atoms with van der Waals surface area (Å²) in [5.41, 5.74) is 0. The maximum absolute atomic E-state index is 5.71. The lowest BCUT2D eigenvalue weighted by Crippen LogP contribution is -2.58. The number of hydrogen-bond donors (Lipinski definition) is 1. The molecule has 3 atom stereocenters. The van der Waals surface area contributed by atoms with Crippen LogP contribution in [0.4, 0.5) is 0 Å². The van der Waals surface area contributed by atoms with Gasteiger partial charge < -0.3 is 10.1 Å². The topological polar surface area (TPSA) is 24.5 Å². The van der Waals surface area contributed by atoms with E-state index in [2.05, 4.69) is 37.9 Å². The summed E-state index contributed by atoms with van der Waals surface area (Å²) in [6.07, 6.45) is 3.67. The molecule has 1 fully saturated rings. The first kappa shape index (κ1) is 15.9. The quantitative estimate of drug-likeness (QED) is 0.675. The zero-order chi connectivity index (χ0) is 13.4. The zero-order valence-electron chi connectivity index (χ0n) is 12.7. The SMILES string of the molecule is CCCCOCCN1CC(C)NCC1C(C)CC. The summed E-state index contributed by atoms with van der Waals surface area (Å²) in [5.74, 6) is 0.764. The Kier molecular flexibility index (Phi) is 7.87. The van der Waals surface area contributed by atoms with Gasteiger partial charge in [-0.05, 0) is 19.3 Å². The van der Waals surface area contributed by atoms with Crippen LogP contribution >= 0.6 is 0 Å².